The van der Waals surface area contributed by atoms with Gasteiger partial charge in [0.1, 0.15) is 44.8 Å². The quantitative estimate of drug-likeness (QED) is 0.177. The Bertz CT molecular complexity index is 2000. The van der Waals surface area contributed by atoms with E-state index < -0.39 is 9.84 Å². The number of para-hydroxylation sites is 1. The van der Waals surface area contributed by atoms with Crippen molar-refractivity contribution in [2.45, 2.75) is 13.5 Å². The van der Waals surface area contributed by atoms with Crippen molar-refractivity contribution < 1.29 is 17.6 Å². The van der Waals surface area contributed by atoms with E-state index in [-0.39, 0.29) is 5.75 Å². The molecule has 0 aliphatic rings. The van der Waals surface area contributed by atoms with Crippen LogP contribution in [0.25, 0.3) is 33.1 Å². The lowest BCUT2D eigenvalue weighted by Gasteiger charge is -2.13. The molecule has 0 bridgehead atoms. The maximum Gasteiger partial charge on any atom is 0.153 e. The van der Waals surface area contributed by atoms with Crippen LogP contribution < -0.4 is 15.4 Å². The van der Waals surface area contributed by atoms with E-state index in [2.05, 4.69) is 25.6 Å². The monoisotopic (exact) mass is 579 g/mol. The van der Waals surface area contributed by atoms with Crippen LogP contribution in [0.1, 0.15) is 11.3 Å². The van der Waals surface area contributed by atoms with Crippen molar-refractivity contribution in [3.05, 3.63) is 103 Å². The zero-order valence-electron chi connectivity index (χ0n) is 23.2. The summed E-state index contributed by atoms with van der Waals surface area (Å²) in [5, 5.41) is 8.40. The molecule has 0 radical (unpaired) electrons. The number of hydrogen-bond acceptors (Lipinski definition) is 9. The van der Waals surface area contributed by atoms with Gasteiger partial charge < -0.3 is 19.8 Å². The van der Waals surface area contributed by atoms with Crippen molar-refractivity contribution >= 4 is 43.1 Å². The highest BCUT2D eigenvalue weighted by atomic mass is 32.2. The van der Waals surface area contributed by atoms with Crippen LogP contribution in [0.4, 0.5) is 11.5 Å². The molecule has 0 atom stereocenters. The second-order valence-electron chi connectivity index (χ2n) is 10.1. The smallest absolute Gasteiger partial charge is 0.153 e. The first kappa shape index (κ1) is 27.4. The van der Waals surface area contributed by atoms with Crippen LogP contribution in [0.2, 0.25) is 0 Å². The first-order chi connectivity index (χ1) is 20.3. The third-order valence-corrected chi connectivity index (χ3v) is 7.73. The molecule has 6 aromatic rings. The lowest BCUT2D eigenvalue weighted by Crippen LogP contribution is -2.21. The predicted molar refractivity (Wildman–Crippen MR) is 165 cm³/mol. The molecule has 6 rings (SSSR count). The number of fused-ring (bicyclic) bond motifs is 2. The molecule has 10 heteroatoms. The molecule has 0 aliphatic carbocycles. The van der Waals surface area contributed by atoms with E-state index in [9.17, 15) is 8.42 Å². The molecule has 2 N–H and O–H groups in total. The number of sulfone groups is 1. The van der Waals surface area contributed by atoms with Crippen molar-refractivity contribution in [1.82, 2.24) is 20.3 Å². The molecule has 212 valence electrons. The molecule has 3 heterocycles. The highest BCUT2D eigenvalue weighted by molar-refractivity contribution is 7.90. The molecule has 0 unspecified atom stereocenters. The molecular weight excluding hydrogens is 550 g/mol. The van der Waals surface area contributed by atoms with Gasteiger partial charge in [0.15, 0.2) is 5.75 Å². The van der Waals surface area contributed by atoms with Crippen molar-refractivity contribution in [1.29, 1.82) is 0 Å². The summed E-state index contributed by atoms with van der Waals surface area (Å²) in [6.45, 7) is 2.80. The normalized spacial score (nSPS) is 11.7. The summed E-state index contributed by atoms with van der Waals surface area (Å²) in [4.78, 5) is 13.4. The number of furan rings is 1. The van der Waals surface area contributed by atoms with E-state index >= 15 is 0 Å². The molecule has 42 heavy (non-hydrogen) atoms. The molecule has 9 nitrogen and oxygen atoms in total. The molecule has 0 fully saturated rings. The first-order valence-corrected chi connectivity index (χ1v) is 15.5. The molecule has 0 saturated heterocycles. The molecule has 0 saturated carbocycles. The summed E-state index contributed by atoms with van der Waals surface area (Å²) in [5.41, 5.74) is 4.32. The van der Waals surface area contributed by atoms with Gasteiger partial charge in [0, 0.05) is 41.0 Å². The highest BCUT2D eigenvalue weighted by Gasteiger charge is 2.12. The van der Waals surface area contributed by atoms with E-state index in [1.807, 2.05) is 85.8 Å². The Hall–Kier alpha value is -4.80. The Kier molecular flexibility index (Phi) is 7.56. The van der Waals surface area contributed by atoms with Crippen LogP contribution in [0.3, 0.4) is 0 Å². The standard InChI is InChI=1S/C32H29N5O4S/c1-21-17-24(9-12-28(21)41-30-7-3-5-22-6-4-14-34-31(22)30)37-32-26-18-23(8-11-27(26)35-20-36-32)29-13-10-25(40-29)19-33-15-16-42(2,38)39/h3-14,17-18,20,33H,15-16,19H2,1-2H3,(H,35,36,37). The topological polar surface area (TPSA) is 119 Å². The van der Waals surface area contributed by atoms with E-state index in [0.29, 0.717) is 30.4 Å². The van der Waals surface area contributed by atoms with Gasteiger partial charge in [0.05, 0.1) is 17.8 Å². The second kappa shape index (κ2) is 11.6. The molecule has 3 aromatic heterocycles. The average molecular weight is 580 g/mol. The van der Waals surface area contributed by atoms with Crippen LogP contribution in [-0.4, -0.2) is 41.9 Å². The SMILES string of the molecule is Cc1cc(Nc2ncnc3ccc(-c4ccc(CNCCS(C)(=O)=O)o4)cc23)ccc1Oc1cccc2cccnc12. The number of rotatable bonds is 10. The summed E-state index contributed by atoms with van der Waals surface area (Å²) < 4.78 is 34.9. The lowest BCUT2D eigenvalue weighted by molar-refractivity contribution is 0.483. The third-order valence-electron chi connectivity index (χ3n) is 6.78. The predicted octanol–water partition coefficient (Wildman–Crippen LogP) is 6.42. The molecular formula is C32H29N5O4S. The van der Waals surface area contributed by atoms with Gasteiger partial charge in [-0.25, -0.2) is 18.4 Å². The van der Waals surface area contributed by atoms with E-state index in [0.717, 1.165) is 50.1 Å². The van der Waals surface area contributed by atoms with Crippen LogP contribution >= 0.6 is 0 Å². The first-order valence-electron chi connectivity index (χ1n) is 13.4. The molecule has 0 aliphatic heterocycles. The summed E-state index contributed by atoms with van der Waals surface area (Å²) >= 11 is 0. The van der Waals surface area contributed by atoms with Crippen LogP contribution in [-0.2, 0) is 16.4 Å². The van der Waals surface area contributed by atoms with Gasteiger partial charge in [0.2, 0.25) is 0 Å². The minimum atomic E-state index is -3.01. The van der Waals surface area contributed by atoms with E-state index in [4.69, 9.17) is 9.15 Å². The second-order valence-corrected chi connectivity index (χ2v) is 12.3. The van der Waals surface area contributed by atoms with Gasteiger partial charge in [-0.1, -0.05) is 18.2 Å². The Morgan fingerprint density at radius 2 is 1.79 bits per heavy atom. The van der Waals surface area contributed by atoms with Crippen LogP contribution in [0.5, 0.6) is 11.5 Å². The number of ether oxygens (including phenoxy) is 1. The Morgan fingerprint density at radius 1 is 0.905 bits per heavy atom. The molecule has 3 aromatic carbocycles. The number of hydrogen-bond donors (Lipinski definition) is 2. The van der Waals surface area contributed by atoms with Gasteiger partial charge in [-0.15, -0.1) is 0 Å². The largest absolute Gasteiger partial charge is 0.460 e. The summed E-state index contributed by atoms with van der Waals surface area (Å²) in [6.07, 6.45) is 4.52. The van der Waals surface area contributed by atoms with Gasteiger partial charge >= 0.3 is 0 Å². The summed E-state index contributed by atoms with van der Waals surface area (Å²) in [6, 6.07) is 25.4. The number of nitrogens with zero attached hydrogens (tertiary/aromatic N) is 3. The fourth-order valence-electron chi connectivity index (χ4n) is 4.66. The average Bonchev–Trinajstić information content (AvgIpc) is 3.45. The maximum atomic E-state index is 11.3. The van der Waals surface area contributed by atoms with E-state index in [1.165, 1.54) is 12.6 Å². The number of nitrogens with one attached hydrogen (secondary N) is 2. The number of pyridine rings is 1. The summed E-state index contributed by atoms with van der Waals surface area (Å²) in [5.74, 6) is 3.62. The fraction of sp³-hybridized carbons (Fsp3) is 0.156. The molecule has 0 spiro atoms. The number of anilines is 2. The van der Waals surface area contributed by atoms with E-state index in [1.54, 1.807) is 6.20 Å². The van der Waals surface area contributed by atoms with Crippen LogP contribution in [0, 0.1) is 6.92 Å². The number of aryl methyl sites for hydroxylation is 1. The van der Waals surface area contributed by atoms with Crippen molar-refractivity contribution in [2.75, 3.05) is 23.9 Å². The van der Waals surface area contributed by atoms with Crippen molar-refractivity contribution in [3.63, 3.8) is 0 Å². The zero-order valence-corrected chi connectivity index (χ0v) is 24.0. The van der Waals surface area contributed by atoms with Crippen molar-refractivity contribution in [3.8, 4) is 22.8 Å². The number of aromatic nitrogens is 3. The zero-order chi connectivity index (χ0) is 29.1. The summed E-state index contributed by atoms with van der Waals surface area (Å²) in [7, 11) is -3.01. The Morgan fingerprint density at radius 3 is 2.64 bits per heavy atom. The fourth-order valence-corrected chi connectivity index (χ4v) is 5.18. The Labute approximate surface area is 243 Å². The molecule has 0 amide bonds. The van der Waals surface area contributed by atoms with Gasteiger partial charge in [0.25, 0.3) is 0 Å². The third kappa shape index (κ3) is 6.24. The highest BCUT2D eigenvalue weighted by Crippen LogP contribution is 2.33. The minimum Gasteiger partial charge on any atom is -0.460 e. The van der Waals surface area contributed by atoms with Gasteiger partial charge in [-0.05, 0) is 73.2 Å². The maximum absolute atomic E-state index is 11.3. The van der Waals surface area contributed by atoms with Gasteiger partial charge in [-0.2, -0.15) is 0 Å². The van der Waals surface area contributed by atoms with Crippen molar-refractivity contribution in [2.24, 2.45) is 0 Å². The Balaban J connectivity index is 1.20. The number of benzene rings is 3. The lowest BCUT2D eigenvalue weighted by atomic mass is 10.1. The minimum absolute atomic E-state index is 0.0813. The van der Waals surface area contributed by atoms with Crippen LogP contribution in [0.15, 0.2) is 95.8 Å². The van der Waals surface area contributed by atoms with Gasteiger partial charge in [-0.3, -0.25) is 4.98 Å².